The van der Waals surface area contributed by atoms with Crippen LogP contribution in [0.25, 0.3) is 0 Å². The van der Waals surface area contributed by atoms with Gasteiger partial charge in [-0.3, -0.25) is 0 Å². The van der Waals surface area contributed by atoms with Gasteiger partial charge in [0.2, 0.25) is 0 Å². The van der Waals surface area contributed by atoms with Crippen molar-refractivity contribution in [3.05, 3.63) is 11.6 Å². The molecular weight excluding hydrogens is 136 g/mol. The number of rotatable bonds is 1. The molecule has 1 fully saturated rings. The Morgan fingerprint density at radius 2 is 2.18 bits per heavy atom. The summed E-state index contributed by atoms with van der Waals surface area (Å²) >= 11 is 0. The highest BCUT2D eigenvalue weighted by molar-refractivity contribution is 5.06. The summed E-state index contributed by atoms with van der Waals surface area (Å²) in [5.41, 5.74) is 1.48. The fourth-order valence-corrected chi connectivity index (χ4v) is 1.49. The van der Waals surface area contributed by atoms with Gasteiger partial charge in [-0.15, -0.1) is 0 Å². The third-order valence-electron chi connectivity index (χ3n) is 2.43. The average molecular weight is 154 g/mol. The van der Waals surface area contributed by atoms with E-state index in [0.29, 0.717) is 6.10 Å². The highest BCUT2D eigenvalue weighted by atomic mass is 16.5. The van der Waals surface area contributed by atoms with E-state index < -0.39 is 0 Å². The Labute approximate surface area is 69.4 Å². The van der Waals surface area contributed by atoms with Crippen molar-refractivity contribution < 1.29 is 4.74 Å². The Balaban J connectivity index is 2.55. The van der Waals surface area contributed by atoms with Crippen LogP contribution in [0.5, 0.6) is 0 Å². The highest BCUT2D eigenvalue weighted by Gasteiger charge is 2.31. The Morgan fingerprint density at radius 3 is 2.55 bits per heavy atom. The lowest BCUT2D eigenvalue weighted by molar-refractivity contribution is 0.000500. The Bertz CT molecular complexity index is 168. The standard InChI is InChI=1S/C10H18O/c1-5-8(2)9-6-7-10(3,4)11-9/h5,9H,6-7H2,1-4H3/t9-/m1/s1. The fourth-order valence-electron chi connectivity index (χ4n) is 1.49. The maximum atomic E-state index is 5.83. The van der Waals surface area contributed by atoms with Crippen molar-refractivity contribution in [2.24, 2.45) is 0 Å². The average Bonchev–Trinajstić information content (AvgIpc) is 2.29. The zero-order chi connectivity index (χ0) is 8.48. The van der Waals surface area contributed by atoms with Crippen LogP contribution in [-0.2, 0) is 4.74 Å². The molecule has 0 radical (unpaired) electrons. The molecule has 1 heterocycles. The number of hydrogen-bond acceptors (Lipinski definition) is 1. The van der Waals surface area contributed by atoms with Crippen molar-refractivity contribution in [3.8, 4) is 0 Å². The topological polar surface area (TPSA) is 9.23 Å². The van der Waals surface area contributed by atoms with E-state index in [-0.39, 0.29) is 5.60 Å². The lowest BCUT2D eigenvalue weighted by Crippen LogP contribution is -2.20. The van der Waals surface area contributed by atoms with Gasteiger partial charge in [0.05, 0.1) is 11.7 Å². The molecule has 1 rings (SSSR count). The molecular formula is C10H18O. The summed E-state index contributed by atoms with van der Waals surface area (Å²) in [7, 11) is 0. The van der Waals surface area contributed by atoms with Crippen molar-refractivity contribution in [3.63, 3.8) is 0 Å². The molecule has 0 N–H and O–H groups in total. The first kappa shape index (κ1) is 8.79. The van der Waals surface area contributed by atoms with Gasteiger partial charge in [0, 0.05) is 0 Å². The normalized spacial score (nSPS) is 30.9. The maximum absolute atomic E-state index is 5.83. The second kappa shape index (κ2) is 2.98. The Kier molecular flexibility index (Phi) is 2.38. The molecule has 11 heavy (non-hydrogen) atoms. The van der Waals surface area contributed by atoms with Crippen molar-refractivity contribution in [1.82, 2.24) is 0 Å². The summed E-state index contributed by atoms with van der Waals surface area (Å²) < 4.78 is 5.83. The zero-order valence-electron chi connectivity index (χ0n) is 7.98. The van der Waals surface area contributed by atoms with Crippen molar-refractivity contribution >= 4 is 0 Å². The molecule has 0 spiro atoms. The van der Waals surface area contributed by atoms with Gasteiger partial charge in [0.25, 0.3) is 0 Å². The lowest BCUT2D eigenvalue weighted by atomic mass is 10.0. The predicted octanol–water partition coefficient (Wildman–Crippen LogP) is 2.91. The zero-order valence-corrected chi connectivity index (χ0v) is 7.98. The minimum atomic E-state index is 0.106. The molecule has 0 bridgehead atoms. The summed E-state index contributed by atoms with van der Waals surface area (Å²) in [6, 6.07) is 0. The van der Waals surface area contributed by atoms with Crippen LogP contribution in [-0.4, -0.2) is 11.7 Å². The summed E-state index contributed by atoms with van der Waals surface area (Å²) in [5, 5.41) is 0. The van der Waals surface area contributed by atoms with Gasteiger partial charge in [-0.25, -0.2) is 0 Å². The maximum Gasteiger partial charge on any atom is 0.0790 e. The van der Waals surface area contributed by atoms with Gasteiger partial charge < -0.3 is 4.74 Å². The summed E-state index contributed by atoms with van der Waals surface area (Å²) in [5.74, 6) is 0. The molecule has 64 valence electrons. The van der Waals surface area contributed by atoms with Gasteiger partial charge in [0.15, 0.2) is 0 Å². The molecule has 0 saturated carbocycles. The smallest absolute Gasteiger partial charge is 0.0790 e. The van der Waals surface area contributed by atoms with E-state index in [1.165, 1.54) is 18.4 Å². The fraction of sp³-hybridized carbons (Fsp3) is 0.800. The van der Waals surface area contributed by atoms with E-state index in [4.69, 9.17) is 4.74 Å². The van der Waals surface area contributed by atoms with Gasteiger partial charge in [-0.2, -0.15) is 0 Å². The molecule has 0 amide bonds. The van der Waals surface area contributed by atoms with E-state index in [2.05, 4.69) is 33.8 Å². The van der Waals surface area contributed by atoms with E-state index in [1.54, 1.807) is 0 Å². The molecule has 1 saturated heterocycles. The third-order valence-corrected chi connectivity index (χ3v) is 2.43. The van der Waals surface area contributed by atoms with Gasteiger partial charge in [0.1, 0.15) is 0 Å². The number of ether oxygens (including phenoxy) is 1. The molecule has 1 nitrogen and oxygen atoms in total. The lowest BCUT2D eigenvalue weighted by Gasteiger charge is -2.19. The van der Waals surface area contributed by atoms with Crippen molar-refractivity contribution in [2.75, 3.05) is 0 Å². The largest absolute Gasteiger partial charge is 0.368 e. The quantitative estimate of drug-likeness (QED) is 0.528. The highest BCUT2D eigenvalue weighted by Crippen LogP contribution is 2.32. The van der Waals surface area contributed by atoms with Gasteiger partial charge >= 0.3 is 0 Å². The molecule has 0 aromatic carbocycles. The van der Waals surface area contributed by atoms with Crippen LogP contribution in [0.4, 0.5) is 0 Å². The van der Waals surface area contributed by atoms with Crippen LogP contribution in [0, 0.1) is 0 Å². The molecule has 1 aliphatic heterocycles. The second-order valence-corrected chi connectivity index (χ2v) is 3.94. The van der Waals surface area contributed by atoms with E-state index >= 15 is 0 Å². The molecule has 0 aliphatic carbocycles. The van der Waals surface area contributed by atoms with Gasteiger partial charge in [-0.05, 0) is 46.1 Å². The van der Waals surface area contributed by atoms with E-state index in [0.717, 1.165) is 0 Å². The van der Waals surface area contributed by atoms with Crippen LogP contribution < -0.4 is 0 Å². The van der Waals surface area contributed by atoms with Crippen LogP contribution in [0.2, 0.25) is 0 Å². The second-order valence-electron chi connectivity index (χ2n) is 3.94. The minimum Gasteiger partial charge on any atom is -0.368 e. The third kappa shape index (κ3) is 2.06. The minimum absolute atomic E-state index is 0.106. The van der Waals surface area contributed by atoms with Crippen molar-refractivity contribution in [2.45, 2.75) is 52.2 Å². The summed E-state index contributed by atoms with van der Waals surface area (Å²) in [6.07, 6.45) is 4.90. The predicted molar refractivity (Wildman–Crippen MR) is 47.6 cm³/mol. The van der Waals surface area contributed by atoms with E-state index in [1.807, 2.05) is 0 Å². The van der Waals surface area contributed by atoms with Crippen LogP contribution in [0.15, 0.2) is 11.6 Å². The number of allylic oxidation sites excluding steroid dienone is 1. The summed E-state index contributed by atoms with van der Waals surface area (Å²) in [4.78, 5) is 0. The van der Waals surface area contributed by atoms with Crippen LogP contribution in [0.3, 0.4) is 0 Å². The molecule has 0 aromatic rings. The Morgan fingerprint density at radius 1 is 1.55 bits per heavy atom. The van der Waals surface area contributed by atoms with Crippen LogP contribution in [0.1, 0.15) is 40.5 Å². The number of hydrogen-bond donors (Lipinski definition) is 0. The van der Waals surface area contributed by atoms with Crippen LogP contribution >= 0.6 is 0 Å². The SMILES string of the molecule is CC=C(C)[C@H]1CCC(C)(C)O1. The molecule has 0 unspecified atom stereocenters. The first-order chi connectivity index (χ1) is 5.05. The first-order valence-electron chi connectivity index (χ1n) is 4.36. The Hall–Kier alpha value is -0.300. The monoisotopic (exact) mass is 154 g/mol. The molecule has 0 aromatic heterocycles. The molecule has 1 heteroatoms. The molecule has 1 atom stereocenters. The summed E-state index contributed by atoms with van der Waals surface area (Å²) in [6.45, 7) is 8.54. The molecule has 1 aliphatic rings. The van der Waals surface area contributed by atoms with Gasteiger partial charge in [-0.1, -0.05) is 6.08 Å². The first-order valence-corrected chi connectivity index (χ1v) is 4.36. The van der Waals surface area contributed by atoms with Crippen molar-refractivity contribution in [1.29, 1.82) is 0 Å². The van der Waals surface area contributed by atoms with E-state index in [9.17, 15) is 0 Å².